The van der Waals surface area contributed by atoms with Crippen molar-refractivity contribution < 1.29 is 19.1 Å². The van der Waals surface area contributed by atoms with Crippen LogP contribution in [-0.2, 0) is 9.53 Å². The zero-order valence-electron chi connectivity index (χ0n) is 19.3. The summed E-state index contributed by atoms with van der Waals surface area (Å²) in [6.45, 7) is 2.92. The van der Waals surface area contributed by atoms with E-state index in [9.17, 15) is 14.4 Å². The Morgan fingerprint density at radius 2 is 1.71 bits per heavy atom. The van der Waals surface area contributed by atoms with Crippen molar-refractivity contribution in [1.82, 2.24) is 10.2 Å². The molecule has 0 aliphatic carbocycles. The van der Waals surface area contributed by atoms with Crippen LogP contribution in [0.3, 0.4) is 0 Å². The molecule has 8 heteroatoms. The summed E-state index contributed by atoms with van der Waals surface area (Å²) in [6, 6.07) is 14.0. The van der Waals surface area contributed by atoms with Crippen molar-refractivity contribution >= 4 is 29.1 Å². The van der Waals surface area contributed by atoms with E-state index in [-0.39, 0.29) is 30.4 Å². The van der Waals surface area contributed by atoms with E-state index in [1.54, 1.807) is 48.5 Å². The first-order valence-electron chi connectivity index (χ1n) is 12.0. The van der Waals surface area contributed by atoms with Crippen LogP contribution in [0.1, 0.15) is 52.8 Å². The van der Waals surface area contributed by atoms with Crippen LogP contribution in [0.2, 0.25) is 0 Å². The van der Waals surface area contributed by atoms with Crippen LogP contribution < -0.4 is 16.0 Å². The smallest absolute Gasteiger partial charge is 0.253 e. The van der Waals surface area contributed by atoms with E-state index in [2.05, 4.69) is 16.0 Å². The van der Waals surface area contributed by atoms with Crippen molar-refractivity contribution in [3.8, 4) is 0 Å². The lowest BCUT2D eigenvalue weighted by Gasteiger charge is -2.26. The van der Waals surface area contributed by atoms with Gasteiger partial charge in [0, 0.05) is 48.7 Å². The van der Waals surface area contributed by atoms with Gasteiger partial charge in [0.1, 0.15) is 0 Å². The number of carbonyl (C=O) groups is 3. The van der Waals surface area contributed by atoms with Crippen LogP contribution in [-0.4, -0.2) is 61.5 Å². The predicted octanol–water partition coefficient (Wildman–Crippen LogP) is 3.27. The van der Waals surface area contributed by atoms with Crippen LogP contribution in [0.25, 0.3) is 0 Å². The van der Waals surface area contributed by atoms with Crippen LogP contribution in [0.4, 0.5) is 11.4 Å². The molecule has 2 fully saturated rings. The quantitative estimate of drug-likeness (QED) is 0.557. The fraction of sp³-hybridized carbons (Fsp3) is 0.423. The van der Waals surface area contributed by atoms with Gasteiger partial charge in [-0.15, -0.1) is 0 Å². The Balaban J connectivity index is 1.23. The van der Waals surface area contributed by atoms with Gasteiger partial charge in [-0.25, -0.2) is 0 Å². The van der Waals surface area contributed by atoms with Crippen molar-refractivity contribution in [3.05, 3.63) is 59.7 Å². The average Bonchev–Trinajstić information content (AvgIpc) is 3.40. The average molecular weight is 465 g/mol. The molecule has 0 spiro atoms. The molecular weight excluding hydrogens is 432 g/mol. The van der Waals surface area contributed by atoms with Gasteiger partial charge in [0.25, 0.3) is 11.8 Å². The molecule has 2 saturated heterocycles. The van der Waals surface area contributed by atoms with Gasteiger partial charge in [-0.2, -0.15) is 0 Å². The normalized spacial score (nSPS) is 17.8. The highest BCUT2D eigenvalue weighted by Crippen LogP contribution is 2.17. The van der Waals surface area contributed by atoms with Crippen LogP contribution in [0.5, 0.6) is 0 Å². The number of amides is 3. The number of nitrogens with zero attached hydrogens (tertiary/aromatic N) is 1. The van der Waals surface area contributed by atoms with Gasteiger partial charge in [0.05, 0.1) is 12.6 Å². The minimum atomic E-state index is -0.221. The fourth-order valence-corrected chi connectivity index (χ4v) is 4.25. The minimum Gasteiger partial charge on any atom is -0.376 e. The Bertz CT molecular complexity index is 996. The van der Waals surface area contributed by atoms with Crippen molar-refractivity contribution in [2.45, 2.75) is 38.2 Å². The Kier molecular flexibility index (Phi) is 8.14. The summed E-state index contributed by atoms with van der Waals surface area (Å²) in [4.78, 5) is 39.3. The third kappa shape index (κ3) is 6.57. The number of hydrogen-bond acceptors (Lipinski definition) is 5. The van der Waals surface area contributed by atoms with Crippen molar-refractivity contribution in [2.24, 2.45) is 0 Å². The van der Waals surface area contributed by atoms with E-state index in [0.29, 0.717) is 23.4 Å². The molecule has 4 rings (SSSR count). The Morgan fingerprint density at radius 3 is 2.44 bits per heavy atom. The topological polar surface area (TPSA) is 99.8 Å². The standard InChI is InChI=1S/C26H32N4O4/c31-24(29-22-7-4-6-20(16-22)26(33)30-13-2-1-3-14-30)18-27-21-11-9-19(10-12-21)25(32)28-17-23-8-5-15-34-23/h4,6-7,9-12,16,23,27H,1-3,5,8,13-15,17-18H2,(H,28,32)(H,29,31). The van der Waals surface area contributed by atoms with Gasteiger partial charge >= 0.3 is 0 Å². The molecule has 3 N–H and O–H groups in total. The van der Waals surface area contributed by atoms with Crippen molar-refractivity contribution in [2.75, 3.05) is 43.4 Å². The molecule has 8 nitrogen and oxygen atoms in total. The summed E-state index contributed by atoms with van der Waals surface area (Å²) in [6.07, 6.45) is 5.36. The summed E-state index contributed by atoms with van der Waals surface area (Å²) in [7, 11) is 0. The molecule has 2 aliphatic rings. The van der Waals surface area contributed by atoms with Gasteiger partial charge in [-0.3, -0.25) is 14.4 Å². The van der Waals surface area contributed by atoms with E-state index in [1.165, 1.54) is 6.42 Å². The maximum atomic E-state index is 12.7. The molecule has 3 amide bonds. The molecule has 2 heterocycles. The molecule has 2 aromatic rings. The highest BCUT2D eigenvalue weighted by molar-refractivity contribution is 5.98. The summed E-state index contributed by atoms with van der Waals surface area (Å²) >= 11 is 0. The molecule has 1 atom stereocenters. The second-order valence-electron chi connectivity index (χ2n) is 8.76. The third-order valence-corrected chi connectivity index (χ3v) is 6.15. The molecule has 2 aliphatic heterocycles. The number of benzene rings is 2. The maximum Gasteiger partial charge on any atom is 0.253 e. The van der Waals surface area contributed by atoms with Gasteiger partial charge in [-0.05, 0) is 74.6 Å². The summed E-state index contributed by atoms with van der Waals surface area (Å²) in [5, 5.41) is 8.79. The molecule has 0 aromatic heterocycles. The lowest BCUT2D eigenvalue weighted by Crippen LogP contribution is -2.35. The van der Waals surface area contributed by atoms with Crippen molar-refractivity contribution in [3.63, 3.8) is 0 Å². The Hall–Kier alpha value is -3.39. The minimum absolute atomic E-state index is 0.00817. The van der Waals surface area contributed by atoms with Gasteiger partial charge in [-0.1, -0.05) is 6.07 Å². The highest BCUT2D eigenvalue weighted by Gasteiger charge is 2.19. The van der Waals surface area contributed by atoms with Gasteiger partial charge in [0.15, 0.2) is 0 Å². The van der Waals surface area contributed by atoms with E-state index in [0.717, 1.165) is 51.1 Å². The highest BCUT2D eigenvalue weighted by atomic mass is 16.5. The van der Waals surface area contributed by atoms with Gasteiger partial charge in [0.2, 0.25) is 5.91 Å². The molecule has 0 bridgehead atoms. The lowest BCUT2D eigenvalue weighted by atomic mass is 10.1. The molecule has 1 unspecified atom stereocenters. The van der Waals surface area contributed by atoms with Crippen LogP contribution >= 0.6 is 0 Å². The molecule has 0 saturated carbocycles. The number of hydrogen-bond donors (Lipinski definition) is 3. The number of nitrogens with one attached hydrogen (secondary N) is 3. The first-order chi connectivity index (χ1) is 16.6. The van der Waals surface area contributed by atoms with Gasteiger partial charge < -0.3 is 25.6 Å². The zero-order chi connectivity index (χ0) is 23.8. The van der Waals surface area contributed by atoms with E-state index < -0.39 is 0 Å². The fourth-order valence-electron chi connectivity index (χ4n) is 4.25. The number of likely N-dealkylation sites (tertiary alicyclic amines) is 1. The SMILES string of the molecule is O=C(CNc1ccc(C(=O)NCC2CCCO2)cc1)Nc1cccc(C(=O)N2CCCCC2)c1. The van der Waals surface area contributed by atoms with E-state index in [1.807, 2.05) is 4.90 Å². The molecule has 2 aromatic carbocycles. The lowest BCUT2D eigenvalue weighted by molar-refractivity contribution is -0.114. The second kappa shape index (κ2) is 11.7. The Labute approximate surface area is 200 Å². The number of ether oxygens (including phenoxy) is 1. The van der Waals surface area contributed by atoms with Crippen LogP contribution in [0.15, 0.2) is 48.5 Å². The number of carbonyl (C=O) groups excluding carboxylic acids is 3. The molecule has 0 radical (unpaired) electrons. The summed E-state index contributed by atoms with van der Waals surface area (Å²) in [5.41, 5.74) is 2.47. The second-order valence-corrected chi connectivity index (χ2v) is 8.76. The first-order valence-corrected chi connectivity index (χ1v) is 12.0. The monoisotopic (exact) mass is 464 g/mol. The van der Waals surface area contributed by atoms with Crippen molar-refractivity contribution in [1.29, 1.82) is 0 Å². The number of rotatable bonds is 8. The zero-order valence-corrected chi connectivity index (χ0v) is 19.3. The number of piperidine rings is 1. The largest absolute Gasteiger partial charge is 0.376 e. The van der Waals surface area contributed by atoms with Crippen LogP contribution in [0, 0.1) is 0 Å². The Morgan fingerprint density at radius 1 is 0.912 bits per heavy atom. The van der Waals surface area contributed by atoms with E-state index in [4.69, 9.17) is 4.74 Å². The molecular formula is C26H32N4O4. The maximum absolute atomic E-state index is 12.7. The molecule has 180 valence electrons. The molecule has 34 heavy (non-hydrogen) atoms. The summed E-state index contributed by atoms with van der Waals surface area (Å²) in [5.74, 6) is -0.353. The third-order valence-electron chi connectivity index (χ3n) is 6.15. The van der Waals surface area contributed by atoms with E-state index >= 15 is 0 Å². The summed E-state index contributed by atoms with van der Waals surface area (Å²) < 4.78 is 5.52. The number of anilines is 2. The predicted molar refractivity (Wildman–Crippen MR) is 131 cm³/mol. The first kappa shape index (κ1) is 23.8.